The maximum Gasteiger partial charge on any atom is 0.342 e. The Labute approximate surface area is 166 Å². The molecule has 0 unspecified atom stereocenters. The molecule has 1 amide bonds. The van der Waals surface area contributed by atoms with E-state index in [-0.39, 0.29) is 17.1 Å². The topological polar surface area (TPSA) is 95.9 Å². The van der Waals surface area contributed by atoms with Crippen LogP contribution in [0.2, 0.25) is 5.02 Å². The highest BCUT2D eigenvalue weighted by molar-refractivity contribution is 6.30. The molecule has 0 saturated heterocycles. The van der Waals surface area contributed by atoms with Gasteiger partial charge in [-0.25, -0.2) is 4.79 Å². The number of esters is 1. The Balaban J connectivity index is 1.55. The summed E-state index contributed by atoms with van der Waals surface area (Å²) >= 11 is 5.82. The third-order valence-electron chi connectivity index (χ3n) is 4.20. The number of carbonyl (C=O) groups is 2. The molecule has 6 nitrogen and oxygen atoms in total. The first-order valence-corrected chi connectivity index (χ1v) is 8.95. The van der Waals surface area contributed by atoms with Crippen molar-refractivity contribution in [3.63, 3.8) is 0 Å². The van der Waals surface area contributed by atoms with Crippen LogP contribution in [0.4, 0.5) is 0 Å². The fourth-order valence-electron chi connectivity index (χ4n) is 2.75. The highest BCUT2D eigenvalue weighted by Gasteiger charge is 2.19. The first-order valence-electron chi connectivity index (χ1n) is 8.57. The van der Waals surface area contributed by atoms with Gasteiger partial charge in [0.1, 0.15) is 17.1 Å². The van der Waals surface area contributed by atoms with Gasteiger partial charge in [-0.05, 0) is 30.2 Å². The van der Waals surface area contributed by atoms with Crippen molar-refractivity contribution >= 4 is 34.2 Å². The molecule has 3 aromatic rings. The highest BCUT2D eigenvalue weighted by Crippen LogP contribution is 2.35. The summed E-state index contributed by atoms with van der Waals surface area (Å²) in [6.07, 6.45) is 0.607. The number of amides is 1. The third kappa shape index (κ3) is 4.53. The molecule has 0 bridgehead atoms. The van der Waals surface area contributed by atoms with E-state index in [1.165, 1.54) is 0 Å². The van der Waals surface area contributed by atoms with Crippen LogP contribution in [0, 0.1) is 0 Å². The van der Waals surface area contributed by atoms with Crippen LogP contribution in [-0.4, -0.2) is 35.2 Å². The van der Waals surface area contributed by atoms with Gasteiger partial charge in [0.2, 0.25) is 0 Å². The Bertz CT molecular complexity index is 1020. The second kappa shape index (κ2) is 8.63. The quantitative estimate of drug-likeness (QED) is 0.436. The Kier molecular flexibility index (Phi) is 6.01. The maximum atomic E-state index is 12.2. The fraction of sp³-hybridized carbons (Fsp3) is 0.143. The van der Waals surface area contributed by atoms with E-state index in [1.807, 2.05) is 12.1 Å². The van der Waals surface area contributed by atoms with Crippen LogP contribution in [0.3, 0.4) is 0 Å². The van der Waals surface area contributed by atoms with E-state index in [4.69, 9.17) is 16.3 Å². The monoisotopic (exact) mass is 399 g/mol. The van der Waals surface area contributed by atoms with Crippen molar-refractivity contribution < 1.29 is 24.5 Å². The molecule has 0 spiro atoms. The third-order valence-corrected chi connectivity index (χ3v) is 4.45. The number of nitrogens with one attached hydrogen (secondary N) is 1. The summed E-state index contributed by atoms with van der Waals surface area (Å²) in [6.45, 7) is -0.119. The number of phenolic OH excluding ortho intramolecular Hbond substituents is 2. The van der Waals surface area contributed by atoms with Crippen molar-refractivity contribution in [2.75, 3.05) is 13.2 Å². The van der Waals surface area contributed by atoms with Gasteiger partial charge < -0.3 is 20.3 Å². The highest BCUT2D eigenvalue weighted by atomic mass is 35.5. The van der Waals surface area contributed by atoms with Crippen molar-refractivity contribution in [2.45, 2.75) is 6.42 Å². The molecule has 3 N–H and O–H groups in total. The molecule has 3 aromatic carbocycles. The lowest BCUT2D eigenvalue weighted by molar-refractivity contribution is -0.124. The Morgan fingerprint density at radius 3 is 2.39 bits per heavy atom. The average molecular weight is 400 g/mol. The zero-order chi connectivity index (χ0) is 20.1. The minimum absolute atomic E-state index is 0.159. The summed E-state index contributed by atoms with van der Waals surface area (Å²) in [6, 6.07) is 15.0. The number of carbonyl (C=O) groups excluding carboxylic acids is 2. The maximum absolute atomic E-state index is 12.2. The minimum Gasteiger partial charge on any atom is -0.507 e. The van der Waals surface area contributed by atoms with Gasteiger partial charge in [-0.3, -0.25) is 4.79 Å². The predicted octanol–water partition coefficient (Wildman–Crippen LogP) is 3.42. The van der Waals surface area contributed by atoms with E-state index in [0.29, 0.717) is 28.8 Å². The van der Waals surface area contributed by atoms with Gasteiger partial charge in [0.15, 0.2) is 6.61 Å². The van der Waals surface area contributed by atoms with Crippen LogP contribution < -0.4 is 5.32 Å². The van der Waals surface area contributed by atoms with E-state index in [9.17, 15) is 19.8 Å². The Morgan fingerprint density at radius 2 is 1.68 bits per heavy atom. The zero-order valence-electron chi connectivity index (χ0n) is 14.8. The lowest BCUT2D eigenvalue weighted by Crippen LogP contribution is -2.30. The van der Waals surface area contributed by atoms with Crippen LogP contribution in [0.1, 0.15) is 15.9 Å². The molecule has 0 radical (unpaired) electrons. The van der Waals surface area contributed by atoms with Crippen LogP contribution in [0.15, 0.2) is 54.6 Å². The van der Waals surface area contributed by atoms with Crippen LogP contribution in [-0.2, 0) is 16.0 Å². The van der Waals surface area contributed by atoms with Gasteiger partial charge >= 0.3 is 5.97 Å². The van der Waals surface area contributed by atoms with Crippen molar-refractivity contribution in [2.24, 2.45) is 0 Å². The molecule has 0 heterocycles. The van der Waals surface area contributed by atoms with Crippen LogP contribution in [0.25, 0.3) is 10.8 Å². The molecular formula is C21H18ClNO5. The Hall–Kier alpha value is -3.25. The average Bonchev–Trinajstić information content (AvgIpc) is 2.70. The number of phenols is 2. The van der Waals surface area contributed by atoms with Crippen LogP contribution in [0.5, 0.6) is 11.5 Å². The summed E-state index contributed by atoms with van der Waals surface area (Å²) in [4.78, 5) is 24.1. The predicted molar refractivity (Wildman–Crippen MR) is 106 cm³/mol. The molecule has 0 aromatic heterocycles. The molecule has 0 aliphatic heterocycles. The van der Waals surface area contributed by atoms with Gasteiger partial charge in [0.25, 0.3) is 5.91 Å². The number of hydrogen-bond donors (Lipinski definition) is 3. The number of rotatable bonds is 6. The second-order valence-electron chi connectivity index (χ2n) is 6.14. The summed E-state index contributed by atoms with van der Waals surface area (Å²) < 4.78 is 4.95. The summed E-state index contributed by atoms with van der Waals surface area (Å²) in [5.41, 5.74) is 0.809. The van der Waals surface area contributed by atoms with Crippen molar-refractivity contribution in [1.82, 2.24) is 5.32 Å². The normalized spacial score (nSPS) is 10.6. The van der Waals surface area contributed by atoms with E-state index in [0.717, 1.165) is 11.6 Å². The number of benzene rings is 3. The molecule has 0 saturated carbocycles. The molecule has 3 rings (SSSR count). The summed E-state index contributed by atoms with van der Waals surface area (Å²) in [5.74, 6) is -1.83. The molecule has 144 valence electrons. The number of fused-ring (bicyclic) bond motifs is 1. The van der Waals surface area contributed by atoms with Crippen molar-refractivity contribution in [3.05, 3.63) is 70.7 Å². The molecule has 7 heteroatoms. The lowest BCUT2D eigenvalue weighted by Gasteiger charge is -2.10. The molecule has 0 atom stereocenters. The molecule has 0 aliphatic carbocycles. The second-order valence-corrected chi connectivity index (χ2v) is 6.58. The van der Waals surface area contributed by atoms with Gasteiger partial charge in [-0.15, -0.1) is 0 Å². The first-order chi connectivity index (χ1) is 13.5. The number of ether oxygens (including phenoxy) is 1. The number of aromatic hydroxyl groups is 2. The van der Waals surface area contributed by atoms with Crippen molar-refractivity contribution in [3.8, 4) is 11.5 Å². The number of halogens is 1. The fourth-order valence-corrected chi connectivity index (χ4v) is 2.88. The van der Waals surface area contributed by atoms with Gasteiger partial charge in [0, 0.05) is 22.3 Å². The zero-order valence-corrected chi connectivity index (χ0v) is 15.6. The van der Waals surface area contributed by atoms with E-state index >= 15 is 0 Å². The summed E-state index contributed by atoms with van der Waals surface area (Å²) in [7, 11) is 0. The molecule has 0 fully saturated rings. The lowest BCUT2D eigenvalue weighted by atomic mass is 10.0. The minimum atomic E-state index is -0.897. The van der Waals surface area contributed by atoms with Crippen molar-refractivity contribution in [1.29, 1.82) is 0 Å². The Morgan fingerprint density at radius 1 is 1.00 bits per heavy atom. The van der Waals surface area contributed by atoms with E-state index in [1.54, 1.807) is 36.4 Å². The van der Waals surface area contributed by atoms with Gasteiger partial charge in [0.05, 0.1) is 0 Å². The summed E-state index contributed by atoms with van der Waals surface area (Å²) in [5, 5.41) is 24.3. The molecule has 28 heavy (non-hydrogen) atoms. The van der Waals surface area contributed by atoms with E-state index < -0.39 is 18.5 Å². The van der Waals surface area contributed by atoms with E-state index in [2.05, 4.69) is 5.32 Å². The SMILES string of the molecule is O=C(COC(=O)c1cc(O)c2ccccc2c1O)NCCc1ccc(Cl)cc1. The van der Waals surface area contributed by atoms with Gasteiger partial charge in [-0.1, -0.05) is 48.0 Å². The molecular weight excluding hydrogens is 382 g/mol. The number of hydrogen-bond acceptors (Lipinski definition) is 5. The largest absolute Gasteiger partial charge is 0.507 e. The van der Waals surface area contributed by atoms with Crippen LogP contribution >= 0.6 is 11.6 Å². The first kappa shape index (κ1) is 19.5. The van der Waals surface area contributed by atoms with Gasteiger partial charge in [-0.2, -0.15) is 0 Å². The molecule has 0 aliphatic rings. The standard InChI is InChI=1S/C21H18ClNO5/c22-14-7-5-13(6-8-14)9-10-23-19(25)12-28-21(27)17-11-18(24)15-3-1-2-4-16(15)20(17)26/h1-8,11,24,26H,9-10,12H2,(H,23,25). The smallest absolute Gasteiger partial charge is 0.342 e.